The number of piperidine rings is 1. The quantitative estimate of drug-likeness (QED) is 0.861. The number of carbonyl (C=O) groups is 1. The van der Waals surface area contributed by atoms with Gasteiger partial charge in [-0.3, -0.25) is 0 Å². The van der Waals surface area contributed by atoms with Gasteiger partial charge in [0, 0.05) is 12.6 Å². The number of benzene rings is 1. The summed E-state index contributed by atoms with van der Waals surface area (Å²) in [5.41, 5.74) is 0. The Bertz CT molecular complexity index is 450. The molecule has 110 valence electrons. The van der Waals surface area contributed by atoms with E-state index in [4.69, 9.17) is 9.47 Å². The molecule has 1 fully saturated rings. The van der Waals surface area contributed by atoms with E-state index in [0.29, 0.717) is 17.5 Å². The van der Waals surface area contributed by atoms with E-state index in [2.05, 4.69) is 12.2 Å². The lowest BCUT2D eigenvalue weighted by atomic mass is 10.0. The molecule has 1 aliphatic heterocycles. The van der Waals surface area contributed by atoms with Crippen LogP contribution in [0.5, 0.6) is 11.5 Å². The van der Waals surface area contributed by atoms with Crippen LogP contribution in [0.2, 0.25) is 0 Å². The Morgan fingerprint density at radius 1 is 1.35 bits per heavy atom. The smallest absolute Gasteiger partial charge is 0.320 e. The van der Waals surface area contributed by atoms with Crippen LogP contribution in [0.1, 0.15) is 26.2 Å². The van der Waals surface area contributed by atoms with Gasteiger partial charge in [-0.15, -0.1) is 0 Å². The normalized spacial score (nSPS) is 18.5. The molecule has 5 heteroatoms. The minimum absolute atomic E-state index is 0.0629. The van der Waals surface area contributed by atoms with E-state index >= 15 is 0 Å². The first-order valence-corrected chi connectivity index (χ1v) is 7.02. The topological polar surface area (TPSA) is 50.8 Å². The number of nitrogens with one attached hydrogen (secondary N) is 1. The second kappa shape index (κ2) is 7.03. The van der Waals surface area contributed by atoms with E-state index in [9.17, 15) is 4.79 Å². The van der Waals surface area contributed by atoms with Crippen molar-refractivity contribution < 1.29 is 14.3 Å². The molecule has 0 saturated carbocycles. The molecule has 0 aliphatic carbocycles. The Balaban J connectivity index is 1.81. The Kier molecular flexibility index (Phi) is 5.09. The van der Waals surface area contributed by atoms with E-state index in [-0.39, 0.29) is 12.8 Å². The molecule has 1 unspecified atom stereocenters. The van der Waals surface area contributed by atoms with Crippen LogP contribution >= 0.6 is 0 Å². The number of carbonyl (C=O) groups excluding carboxylic acids is 1. The minimum atomic E-state index is -0.0629. The number of amides is 2. The van der Waals surface area contributed by atoms with E-state index < -0.39 is 0 Å². The summed E-state index contributed by atoms with van der Waals surface area (Å²) in [6.45, 7) is 3.05. The Hall–Kier alpha value is -1.91. The molecule has 0 aromatic heterocycles. The lowest BCUT2D eigenvalue weighted by Gasteiger charge is -2.33. The average Bonchev–Trinajstić information content (AvgIpc) is 2.48. The number of methoxy groups -OCH3 is 1. The molecule has 0 radical (unpaired) electrons. The summed E-state index contributed by atoms with van der Waals surface area (Å²) in [6.07, 6.45) is 3.34. The number of likely N-dealkylation sites (tertiary alicyclic amines) is 1. The Labute approximate surface area is 119 Å². The first-order valence-electron chi connectivity index (χ1n) is 7.02. The zero-order valence-electron chi connectivity index (χ0n) is 12.1. The van der Waals surface area contributed by atoms with Crippen LogP contribution in [-0.4, -0.2) is 37.4 Å². The van der Waals surface area contributed by atoms with Gasteiger partial charge < -0.3 is 19.7 Å². The molecular formula is C15H22N2O3. The lowest BCUT2D eigenvalue weighted by molar-refractivity contribution is 0.148. The standard InChI is InChI=1S/C15H22N2O3/c1-12-7-5-6-10-17(12)15(18)16-11-20-14-9-4-3-8-13(14)19-2/h3-4,8-9,12H,5-7,10-11H2,1-2H3,(H,16,18). The molecule has 2 rings (SSSR count). The van der Waals surface area contributed by atoms with Crippen molar-refractivity contribution in [3.05, 3.63) is 24.3 Å². The second-order valence-electron chi connectivity index (χ2n) is 4.96. The van der Waals surface area contributed by atoms with Crippen LogP contribution in [0.3, 0.4) is 0 Å². The fourth-order valence-electron chi connectivity index (χ4n) is 2.41. The number of rotatable bonds is 4. The van der Waals surface area contributed by atoms with Crippen molar-refractivity contribution in [3.8, 4) is 11.5 Å². The van der Waals surface area contributed by atoms with Crippen LogP contribution in [0.15, 0.2) is 24.3 Å². The summed E-state index contributed by atoms with van der Waals surface area (Å²) >= 11 is 0. The number of urea groups is 1. The molecule has 0 bridgehead atoms. The number of para-hydroxylation sites is 2. The van der Waals surface area contributed by atoms with Crippen molar-refractivity contribution in [1.82, 2.24) is 10.2 Å². The molecular weight excluding hydrogens is 256 g/mol. The maximum atomic E-state index is 12.1. The van der Waals surface area contributed by atoms with E-state index in [1.807, 2.05) is 29.2 Å². The summed E-state index contributed by atoms with van der Waals surface area (Å²) in [5, 5.41) is 2.79. The number of ether oxygens (including phenoxy) is 2. The van der Waals surface area contributed by atoms with Crippen molar-refractivity contribution in [3.63, 3.8) is 0 Å². The zero-order chi connectivity index (χ0) is 14.4. The van der Waals surface area contributed by atoms with Gasteiger partial charge in [0.1, 0.15) is 0 Å². The van der Waals surface area contributed by atoms with Gasteiger partial charge in [-0.25, -0.2) is 4.79 Å². The number of hydrogen-bond donors (Lipinski definition) is 1. The van der Waals surface area contributed by atoms with Crippen molar-refractivity contribution in [2.75, 3.05) is 20.4 Å². The summed E-state index contributed by atoms with van der Waals surface area (Å²) < 4.78 is 10.7. The minimum Gasteiger partial charge on any atom is -0.493 e. The molecule has 0 spiro atoms. The van der Waals surface area contributed by atoms with Crippen LogP contribution in [0.4, 0.5) is 4.79 Å². The van der Waals surface area contributed by atoms with E-state index in [1.165, 1.54) is 6.42 Å². The van der Waals surface area contributed by atoms with Gasteiger partial charge in [-0.2, -0.15) is 0 Å². The highest BCUT2D eigenvalue weighted by Crippen LogP contribution is 2.25. The largest absolute Gasteiger partial charge is 0.493 e. The monoisotopic (exact) mass is 278 g/mol. The second-order valence-corrected chi connectivity index (χ2v) is 4.96. The van der Waals surface area contributed by atoms with Gasteiger partial charge in [0.2, 0.25) is 0 Å². The highest BCUT2D eigenvalue weighted by atomic mass is 16.5. The molecule has 1 aromatic carbocycles. The summed E-state index contributed by atoms with van der Waals surface area (Å²) in [7, 11) is 1.59. The molecule has 1 saturated heterocycles. The third-order valence-corrected chi connectivity index (χ3v) is 3.58. The number of nitrogens with zero attached hydrogens (tertiary/aromatic N) is 1. The molecule has 2 amide bonds. The van der Waals surface area contributed by atoms with Crippen molar-refractivity contribution in [2.45, 2.75) is 32.2 Å². The third kappa shape index (κ3) is 3.56. The fraction of sp³-hybridized carbons (Fsp3) is 0.533. The molecule has 1 aliphatic rings. The van der Waals surface area contributed by atoms with Crippen LogP contribution in [-0.2, 0) is 0 Å². The molecule has 1 N–H and O–H groups in total. The fourth-order valence-corrected chi connectivity index (χ4v) is 2.41. The molecule has 20 heavy (non-hydrogen) atoms. The summed E-state index contributed by atoms with van der Waals surface area (Å²) in [5.74, 6) is 1.29. The van der Waals surface area contributed by atoms with Crippen molar-refractivity contribution in [1.29, 1.82) is 0 Å². The van der Waals surface area contributed by atoms with Crippen molar-refractivity contribution >= 4 is 6.03 Å². The average molecular weight is 278 g/mol. The van der Waals surface area contributed by atoms with Gasteiger partial charge >= 0.3 is 6.03 Å². The lowest BCUT2D eigenvalue weighted by Crippen LogP contribution is -2.48. The molecule has 1 heterocycles. The van der Waals surface area contributed by atoms with Crippen LogP contribution < -0.4 is 14.8 Å². The first-order chi connectivity index (χ1) is 9.72. The van der Waals surface area contributed by atoms with E-state index in [0.717, 1.165) is 19.4 Å². The third-order valence-electron chi connectivity index (χ3n) is 3.58. The summed E-state index contributed by atoms with van der Waals surface area (Å²) in [6, 6.07) is 7.62. The molecule has 1 atom stereocenters. The predicted octanol–water partition coefficient (Wildman–Crippen LogP) is 2.62. The Morgan fingerprint density at radius 2 is 2.10 bits per heavy atom. The van der Waals surface area contributed by atoms with E-state index in [1.54, 1.807) is 7.11 Å². The maximum absolute atomic E-state index is 12.1. The Morgan fingerprint density at radius 3 is 2.80 bits per heavy atom. The van der Waals surface area contributed by atoms with Gasteiger partial charge in [0.25, 0.3) is 0 Å². The van der Waals surface area contributed by atoms with Gasteiger partial charge in [-0.1, -0.05) is 12.1 Å². The number of hydrogen-bond acceptors (Lipinski definition) is 3. The SMILES string of the molecule is COc1ccccc1OCNC(=O)N1CCCCC1C. The van der Waals surface area contributed by atoms with Gasteiger partial charge in [0.15, 0.2) is 18.2 Å². The first kappa shape index (κ1) is 14.5. The highest BCUT2D eigenvalue weighted by Gasteiger charge is 2.22. The maximum Gasteiger partial charge on any atom is 0.320 e. The zero-order valence-corrected chi connectivity index (χ0v) is 12.1. The molecule has 5 nitrogen and oxygen atoms in total. The van der Waals surface area contributed by atoms with Gasteiger partial charge in [-0.05, 0) is 38.3 Å². The van der Waals surface area contributed by atoms with Crippen molar-refractivity contribution in [2.24, 2.45) is 0 Å². The highest BCUT2D eigenvalue weighted by molar-refractivity contribution is 5.74. The summed E-state index contributed by atoms with van der Waals surface area (Å²) in [4.78, 5) is 13.9. The molecule has 1 aromatic rings. The van der Waals surface area contributed by atoms with Crippen LogP contribution in [0.25, 0.3) is 0 Å². The predicted molar refractivity (Wildman–Crippen MR) is 77.0 cm³/mol. The van der Waals surface area contributed by atoms with Gasteiger partial charge in [0.05, 0.1) is 7.11 Å². The van der Waals surface area contributed by atoms with Crippen LogP contribution in [0, 0.1) is 0 Å².